The lowest BCUT2D eigenvalue weighted by molar-refractivity contribution is 0.273. The van der Waals surface area contributed by atoms with Crippen LogP contribution in [0.4, 0.5) is 0 Å². The van der Waals surface area contributed by atoms with Crippen LogP contribution in [0.3, 0.4) is 0 Å². The molecule has 0 bridgehead atoms. The SMILES string of the molecule is CCN1CCCC1CN=C(N)NCCOc1ccc(Br)cc1. The lowest BCUT2D eigenvalue weighted by Gasteiger charge is -2.20. The number of rotatable bonds is 7. The topological polar surface area (TPSA) is 62.9 Å². The molecule has 1 aromatic rings. The highest BCUT2D eigenvalue weighted by atomic mass is 79.9. The van der Waals surface area contributed by atoms with Crippen LogP contribution in [0.25, 0.3) is 0 Å². The van der Waals surface area contributed by atoms with Crippen molar-refractivity contribution in [2.75, 3.05) is 32.8 Å². The molecule has 22 heavy (non-hydrogen) atoms. The summed E-state index contributed by atoms with van der Waals surface area (Å²) in [6.45, 7) is 6.46. The van der Waals surface area contributed by atoms with Crippen molar-refractivity contribution in [3.63, 3.8) is 0 Å². The summed E-state index contributed by atoms with van der Waals surface area (Å²) in [6, 6.07) is 8.32. The highest BCUT2D eigenvalue weighted by molar-refractivity contribution is 9.10. The van der Waals surface area contributed by atoms with Crippen molar-refractivity contribution in [2.24, 2.45) is 10.7 Å². The number of nitrogens with two attached hydrogens (primary N) is 1. The van der Waals surface area contributed by atoms with Gasteiger partial charge < -0.3 is 15.8 Å². The average Bonchev–Trinajstić information content (AvgIpc) is 2.99. The maximum Gasteiger partial charge on any atom is 0.188 e. The minimum Gasteiger partial charge on any atom is -0.492 e. The van der Waals surface area contributed by atoms with E-state index in [1.807, 2.05) is 24.3 Å². The number of hydrogen-bond acceptors (Lipinski definition) is 3. The number of guanidine groups is 1. The number of benzene rings is 1. The Labute approximate surface area is 141 Å². The number of ether oxygens (including phenoxy) is 1. The van der Waals surface area contributed by atoms with Crippen molar-refractivity contribution >= 4 is 21.9 Å². The van der Waals surface area contributed by atoms with Gasteiger partial charge in [0.1, 0.15) is 12.4 Å². The molecule has 5 nitrogen and oxygen atoms in total. The monoisotopic (exact) mass is 368 g/mol. The standard InChI is InChI=1S/C16H25BrN4O/c1-2-21-10-3-4-14(21)12-20-16(18)19-9-11-22-15-7-5-13(17)6-8-15/h5-8,14H,2-4,9-12H2,1H3,(H3,18,19,20). The van der Waals surface area contributed by atoms with Crippen molar-refractivity contribution < 1.29 is 4.74 Å². The molecule has 0 amide bonds. The first-order valence-electron chi connectivity index (χ1n) is 7.85. The molecule has 1 aliphatic heterocycles. The average molecular weight is 369 g/mol. The summed E-state index contributed by atoms with van der Waals surface area (Å²) in [5.74, 6) is 1.35. The van der Waals surface area contributed by atoms with Crippen LogP contribution in [-0.4, -0.2) is 49.7 Å². The van der Waals surface area contributed by atoms with Crippen LogP contribution in [0.15, 0.2) is 33.7 Å². The summed E-state index contributed by atoms with van der Waals surface area (Å²) in [5.41, 5.74) is 5.90. The van der Waals surface area contributed by atoms with Gasteiger partial charge in [-0.3, -0.25) is 9.89 Å². The summed E-state index contributed by atoms with van der Waals surface area (Å²) >= 11 is 3.40. The fourth-order valence-electron chi connectivity index (χ4n) is 2.66. The molecule has 1 heterocycles. The van der Waals surface area contributed by atoms with Crippen molar-refractivity contribution in [3.8, 4) is 5.75 Å². The molecule has 1 saturated heterocycles. The Balaban J connectivity index is 1.63. The van der Waals surface area contributed by atoms with Crippen LogP contribution >= 0.6 is 15.9 Å². The van der Waals surface area contributed by atoms with E-state index in [1.54, 1.807) is 0 Å². The molecular formula is C16H25BrN4O. The summed E-state index contributed by atoms with van der Waals surface area (Å²) in [4.78, 5) is 6.91. The Morgan fingerprint density at radius 1 is 1.45 bits per heavy atom. The van der Waals surface area contributed by atoms with Gasteiger partial charge in [-0.25, -0.2) is 0 Å². The molecule has 122 valence electrons. The number of aliphatic imine (C=N–C) groups is 1. The van der Waals surface area contributed by atoms with Gasteiger partial charge in [0.15, 0.2) is 5.96 Å². The largest absolute Gasteiger partial charge is 0.492 e. The minimum atomic E-state index is 0.502. The molecule has 1 atom stereocenters. The van der Waals surface area contributed by atoms with Gasteiger partial charge in [-0.15, -0.1) is 0 Å². The normalized spacial score (nSPS) is 19.4. The summed E-state index contributed by atoms with van der Waals surface area (Å²) in [7, 11) is 0. The highest BCUT2D eigenvalue weighted by Gasteiger charge is 2.22. The van der Waals surface area contributed by atoms with E-state index < -0.39 is 0 Å². The van der Waals surface area contributed by atoms with Crippen LogP contribution in [0.5, 0.6) is 5.75 Å². The number of hydrogen-bond donors (Lipinski definition) is 2. The zero-order valence-corrected chi connectivity index (χ0v) is 14.7. The van der Waals surface area contributed by atoms with Gasteiger partial charge in [0.05, 0.1) is 13.1 Å². The van der Waals surface area contributed by atoms with Gasteiger partial charge in [0, 0.05) is 10.5 Å². The molecule has 0 radical (unpaired) electrons. The van der Waals surface area contributed by atoms with Gasteiger partial charge in [-0.2, -0.15) is 0 Å². The number of likely N-dealkylation sites (tertiary alicyclic amines) is 1. The predicted octanol–water partition coefficient (Wildman–Crippen LogP) is 2.22. The zero-order valence-electron chi connectivity index (χ0n) is 13.1. The fourth-order valence-corrected chi connectivity index (χ4v) is 2.92. The molecule has 0 spiro atoms. The van der Waals surface area contributed by atoms with Crippen molar-refractivity contribution in [2.45, 2.75) is 25.8 Å². The van der Waals surface area contributed by atoms with Gasteiger partial charge in [-0.05, 0) is 50.2 Å². The van der Waals surface area contributed by atoms with Crippen LogP contribution in [0.2, 0.25) is 0 Å². The summed E-state index contributed by atoms with van der Waals surface area (Å²) in [5, 5.41) is 3.10. The van der Waals surface area contributed by atoms with E-state index >= 15 is 0 Å². The third kappa shape index (κ3) is 5.50. The van der Waals surface area contributed by atoms with E-state index in [0.717, 1.165) is 23.3 Å². The van der Waals surface area contributed by atoms with E-state index in [1.165, 1.54) is 19.4 Å². The number of halogens is 1. The molecule has 1 aliphatic rings. The second kappa shape index (κ2) is 9.00. The summed E-state index contributed by atoms with van der Waals surface area (Å²) < 4.78 is 6.67. The second-order valence-electron chi connectivity index (χ2n) is 5.38. The Kier molecular flexibility index (Phi) is 6.99. The first-order valence-corrected chi connectivity index (χ1v) is 8.64. The van der Waals surface area contributed by atoms with Crippen LogP contribution < -0.4 is 15.8 Å². The third-order valence-electron chi connectivity index (χ3n) is 3.87. The molecule has 2 rings (SSSR count). The van der Waals surface area contributed by atoms with Crippen molar-refractivity contribution in [1.82, 2.24) is 10.2 Å². The van der Waals surface area contributed by atoms with Crippen molar-refractivity contribution in [1.29, 1.82) is 0 Å². The molecule has 1 fully saturated rings. The lowest BCUT2D eigenvalue weighted by Crippen LogP contribution is -2.37. The third-order valence-corrected chi connectivity index (χ3v) is 4.40. The van der Waals surface area contributed by atoms with Gasteiger partial charge >= 0.3 is 0 Å². The molecule has 3 N–H and O–H groups in total. The molecule has 0 aromatic heterocycles. The Morgan fingerprint density at radius 3 is 2.95 bits per heavy atom. The molecule has 0 saturated carbocycles. The molecule has 1 aromatic carbocycles. The first-order chi connectivity index (χ1) is 10.7. The van der Waals surface area contributed by atoms with Crippen molar-refractivity contribution in [3.05, 3.63) is 28.7 Å². The highest BCUT2D eigenvalue weighted by Crippen LogP contribution is 2.17. The second-order valence-corrected chi connectivity index (χ2v) is 6.30. The quantitative estimate of drug-likeness (QED) is 0.440. The van der Waals surface area contributed by atoms with E-state index in [4.69, 9.17) is 10.5 Å². The lowest BCUT2D eigenvalue weighted by atomic mass is 10.2. The van der Waals surface area contributed by atoms with E-state index in [-0.39, 0.29) is 0 Å². The van der Waals surface area contributed by atoms with Crippen LogP contribution in [0, 0.1) is 0 Å². The van der Waals surface area contributed by atoms with Crippen LogP contribution in [0.1, 0.15) is 19.8 Å². The zero-order chi connectivity index (χ0) is 15.8. The van der Waals surface area contributed by atoms with Gasteiger partial charge in [0.2, 0.25) is 0 Å². The minimum absolute atomic E-state index is 0.502. The number of nitrogens with one attached hydrogen (secondary N) is 1. The number of likely N-dealkylation sites (N-methyl/N-ethyl adjacent to an activating group) is 1. The number of nitrogens with zero attached hydrogens (tertiary/aromatic N) is 2. The maximum absolute atomic E-state index is 5.90. The van der Waals surface area contributed by atoms with E-state index in [0.29, 0.717) is 25.2 Å². The molecular weight excluding hydrogens is 344 g/mol. The first kappa shape index (κ1) is 17.1. The Bertz CT molecular complexity index is 478. The fraction of sp³-hybridized carbons (Fsp3) is 0.562. The molecule has 6 heteroatoms. The Hall–Kier alpha value is -1.27. The molecule has 1 unspecified atom stereocenters. The van der Waals surface area contributed by atoms with Gasteiger partial charge in [0.25, 0.3) is 0 Å². The maximum atomic E-state index is 5.90. The molecule has 0 aliphatic carbocycles. The Morgan fingerprint density at radius 2 is 2.23 bits per heavy atom. The smallest absolute Gasteiger partial charge is 0.188 e. The summed E-state index contributed by atoms with van der Waals surface area (Å²) in [6.07, 6.45) is 2.49. The predicted molar refractivity (Wildman–Crippen MR) is 94.4 cm³/mol. The van der Waals surface area contributed by atoms with Crippen LogP contribution in [-0.2, 0) is 0 Å². The van der Waals surface area contributed by atoms with E-state index in [2.05, 4.69) is 38.1 Å². The van der Waals surface area contributed by atoms with Gasteiger partial charge in [-0.1, -0.05) is 22.9 Å². The van der Waals surface area contributed by atoms with E-state index in [9.17, 15) is 0 Å².